The normalized spacial score (nSPS) is 10.3. The lowest BCUT2D eigenvalue weighted by Crippen LogP contribution is -1.95. The van der Waals surface area contributed by atoms with Crippen LogP contribution in [-0.2, 0) is 9.53 Å². The fraction of sp³-hybridized carbons (Fsp3) is 0.900. The van der Waals surface area contributed by atoms with Crippen LogP contribution in [0.4, 0.5) is 0 Å². The molecule has 0 unspecified atom stereocenters. The standard InChI is InChI=1S/C10H20O3/c1-10(12)7-5-3-2-4-6-8-13-9-11/h11H,2-9H2,1H3. The molecule has 0 aromatic carbocycles. The summed E-state index contributed by atoms with van der Waals surface area (Å²) < 4.78 is 4.78. The average molecular weight is 188 g/mol. The first kappa shape index (κ1) is 12.6. The molecular formula is C10H20O3. The average Bonchev–Trinajstić information content (AvgIpc) is 2.09. The van der Waals surface area contributed by atoms with Crippen LogP contribution in [0.3, 0.4) is 0 Å². The van der Waals surface area contributed by atoms with Crippen molar-refractivity contribution in [1.29, 1.82) is 0 Å². The van der Waals surface area contributed by atoms with E-state index in [0.29, 0.717) is 13.0 Å². The van der Waals surface area contributed by atoms with E-state index < -0.39 is 0 Å². The lowest BCUT2D eigenvalue weighted by Gasteiger charge is -2.00. The van der Waals surface area contributed by atoms with Crippen molar-refractivity contribution in [2.75, 3.05) is 13.4 Å². The molecule has 0 aliphatic carbocycles. The van der Waals surface area contributed by atoms with E-state index in [2.05, 4.69) is 0 Å². The quantitative estimate of drug-likeness (QED) is 0.444. The Labute approximate surface area is 80.1 Å². The van der Waals surface area contributed by atoms with Gasteiger partial charge >= 0.3 is 0 Å². The number of aliphatic hydroxyl groups excluding tert-OH is 1. The van der Waals surface area contributed by atoms with Crippen LogP contribution in [0.5, 0.6) is 0 Å². The maximum Gasteiger partial charge on any atom is 0.143 e. The van der Waals surface area contributed by atoms with E-state index in [1.165, 1.54) is 0 Å². The minimum atomic E-state index is -0.176. The highest BCUT2D eigenvalue weighted by Gasteiger charge is 1.94. The topological polar surface area (TPSA) is 46.5 Å². The zero-order valence-electron chi connectivity index (χ0n) is 8.42. The van der Waals surface area contributed by atoms with Gasteiger partial charge in [0.25, 0.3) is 0 Å². The van der Waals surface area contributed by atoms with Gasteiger partial charge in [-0.1, -0.05) is 19.3 Å². The van der Waals surface area contributed by atoms with Crippen molar-refractivity contribution in [1.82, 2.24) is 0 Å². The highest BCUT2D eigenvalue weighted by atomic mass is 16.6. The Morgan fingerprint density at radius 2 is 1.77 bits per heavy atom. The predicted octanol–water partition coefficient (Wildman–Crippen LogP) is 1.88. The van der Waals surface area contributed by atoms with Crippen molar-refractivity contribution in [3.05, 3.63) is 0 Å². The van der Waals surface area contributed by atoms with Crippen LogP contribution in [0.15, 0.2) is 0 Å². The molecule has 0 amide bonds. The van der Waals surface area contributed by atoms with Gasteiger partial charge in [-0.2, -0.15) is 0 Å². The van der Waals surface area contributed by atoms with Gasteiger partial charge in [-0.05, 0) is 19.8 Å². The van der Waals surface area contributed by atoms with Crippen LogP contribution in [0.1, 0.15) is 45.4 Å². The molecule has 0 fully saturated rings. The number of ether oxygens (including phenoxy) is 1. The largest absolute Gasteiger partial charge is 0.371 e. The van der Waals surface area contributed by atoms with Gasteiger partial charge in [-0.3, -0.25) is 0 Å². The van der Waals surface area contributed by atoms with Gasteiger partial charge in [0.2, 0.25) is 0 Å². The highest BCUT2D eigenvalue weighted by Crippen LogP contribution is 2.05. The Kier molecular flexibility index (Phi) is 9.37. The van der Waals surface area contributed by atoms with Crippen molar-refractivity contribution in [2.24, 2.45) is 0 Å². The lowest BCUT2D eigenvalue weighted by atomic mass is 10.1. The van der Waals surface area contributed by atoms with E-state index in [-0.39, 0.29) is 12.6 Å². The van der Waals surface area contributed by atoms with Crippen molar-refractivity contribution >= 4 is 5.78 Å². The predicted molar refractivity (Wildman–Crippen MR) is 51.4 cm³/mol. The maximum atomic E-state index is 10.6. The number of Topliss-reactive ketones (excluding diaryl/α,β-unsaturated/α-hetero) is 1. The zero-order valence-corrected chi connectivity index (χ0v) is 8.42. The third-order valence-corrected chi connectivity index (χ3v) is 1.91. The van der Waals surface area contributed by atoms with Crippen molar-refractivity contribution in [2.45, 2.75) is 45.4 Å². The molecule has 3 heteroatoms. The fourth-order valence-corrected chi connectivity index (χ4v) is 1.17. The summed E-state index contributed by atoms with van der Waals surface area (Å²) in [6, 6.07) is 0. The second-order valence-electron chi connectivity index (χ2n) is 3.26. The summed E-state index contributed by atoms with van der Waals surface area (Å²) in [5.74, 6) is 0.281. The molecule has 0 rings (SSSR count). The molecule has 0 aliphatic heterocycles. The van der Waals surface area contributed by atoms with Crippen molar-refractivity contribution in [3.63, 3.8) is 0 Å². The smallest absolute Gasteiger partial charge is 0.143 e. The van der Waals surface area contributed by atoms with Crippen molar-refractivity contribution in [3.8, 4) is 0 Å². The van der Waals surface area contributed by atoms with E-state index in [9.17, 15) is 4.79 Å². The van der Waals surface area contributed by atoms with E-state index in [0.717, 1.165) is 32.1 Å². The molecular weight excluding hydrogens is 168 g/mol. The minimum absolute atomic E-state index is 0.176. The van der Waals surface area contributed by atoms with Crippen LogP contribution in [0.25, 0.3) is 0 Å². The number of unbranched alkanes of at least 4 members (excludes halogenated alkanes) is 4. The van der Waals surface area contributed by atoms with Crippen LogP contribution in [0, 0.1) is 0 Å². The number of carbonyl (C=O) groups is 1. The summed E-state index contributed by atoms with van der Waals surface area (Å²) in [5.41, 5.74) is 0. The fourth-order valence-electron chi connectivity index (χ4n) is 1.17. The molecule has 0 radical (unpaired) electrons. The molecule has 0 aromatic heterocycles. The van der Waals surface area contributed by atoms with Gasteiger partial charge in [0.1, 0.15) is 12.6 Å². The van der Waals surface area contributed by atoms with E-state index in [4.69, 9.17) is 9.84 Å². The van der Waals surface area contributed by atoms with Gasteiger partial charge in [0.15, 0.2) is 0 Å². The summed E-state index contributed by atoms with van der Waals surface area (Å²) in [5, 5.41) is 8.31. The minimum Gasteiger partial charge on any atom is -0.371 e. The molecule has 0 heterocycles. The SMILES string of the molecule is CC(=O)CCCCCCCOCO. The van der Waals surface area contributed by atoms with Crippen molar-refractivity contribution < 1.29 is 14.6 Å². The van der Waals surface area contributed by atoms with Crippen LogP contribution in [0.2, 0.25) is 0 Å². The van der Waals surface area contributed by atoms with Crippen LogP contribution >= 0.6 is 0 Å². The summed E-state index contributed by atoms with van der Waals surface area (Å²) in [6.45, 7) is 2.10. The van der Waals surface area contributed by atoms with Gasteiger partial charge in [0.05, 0.1) is 0 Å². The first-order valence-electron chi connectivity index (χ1n) is 4.95. The molecule has 0 spiro atoms. The Morgan fingerprint density at radius 1 is 1.15 bits per heavy atom. The maximum absolute atomic E-state index is 10.6. The molecule has 0 saturated carbocycles. The van der Waals surface area contributed by atoms with Gasteiger partial charge in [-0.25, -0.2) is 0 Å². The Morgan fingerprint density at radius 3 is 2.38 bits per heavy atom. The summed E-state index contributed by atoms with van der Waals surface area (Å²) in [6.07, 6.45) is 6.13. The van der Waals surface area contributed by atoms with E-state index in [1.54, 1.807) is 6.92 Å². The summed E-state index contributed by atoms with van der Waals surface area (Å²) in [4.78, 5) is 10.6. The summed E-state index contributed by atoms with van der Waals surface area (Å²) in [7, 11) is 0. The van der Waals surface area contributed by atoms with Gasteiger partial charge in [-0.15, -0.1) is 0 Å². The number of carbonyl (C=O) groups excluding carboxylic acids is 1. The summed E-state index contributed by atoms with van der Waals surface area (Å²) >= 11 is 0. The number of hydrogen-bond donors (Lipinski definition) is 1. The first-order valence-corrected chi connectivity index (χ1v) is 4.95. The molecule has 0 saturated heterocycles. The molecule has 1 N–H and O–H groups in total. The number of hydrogen-bond acceptors (Lipinski definition) is 3. The van der Waals surface area contributed by atoms with E-state index in [1.807, 2.05) is 0 Å². The molecule has 78 valence electrons. The monoisotopic (exact) mass is 188 g/mol. The third-order valence-electron chi connectivity index (χ3n) is 1.91. The van der Waals surface area contributed by atoms with Gasteiger partial charge < -0.3 is 14.6 Å². The first-order chi connectivity index (χ1) is 6.27. The number of ketones is 1. The second-order valence-corrected chi connectivity index (χ2v) is 3.26. The van der Waals surface area contributed by atoms with Gasteiger partial charge in [0, 0.05) is 13.0 Å². The molecule has 0 atom stereocenters. The lowest BCUT2D eigenvalue weighted by molar-refractivity contribution is -0.117. The van der Waals surface area contributed by atoms with Crippen LogP contribution in [-0.4, -0.2) is 24.3 Å². The molecule has 0 aliphatic rings. The second kappa shape index (κ2) is 9.68. The molecule has 0 bridgehead atoms. The number of rotatable bonds is 9. The molecule has 0 aromatic rings. The Balaban J connectivity index is 2.87. The van der Waals surface area contributed by atoms with E-state index >= 15 is 0 Å². The Hall–Kier alpha value is -0.410. The highest BCUT2D eigenvalue weighted by molar-refractivity contribution is 5.75. The zero-order chi connectivity index (χ0) is 9.94. The molecule has 13 heavy (non-hydrogen) atoms. The third kappa shape index (κ3) is 11.6. The molecule has 3 nitrogen and oxygen atoms in total. The Bertz CT molecular complexity index is 123. The number of aliphatic hydroxyl groups is 1. The van der Waals surface area contributed by atoms with Crippen LogP contribution < -0.4 is 0 Å².